The molecule has 1 aliphatic rings. The van der Waals surface area contributed by atoms with Gasteiger partial charge in [-0.2, -0.15) is 4.99 Å². The Morgan fingerprint density at radius 1 is 1.06 bits per heavy atom. The Hall–Kier alpha value is -3.59. The summed E-state index contributed by atoms with van der Waals surface area (Å²) in [4.78, 5) is 54.5. The van der Waals surface area contributed by atoms with Gasteiger partial charge in [-0.3, -0.25) is 24.1 Å². The predicted molar refractivity (Wildman–Crippen MR) is 124 cm³/mol. The molecule has 1 fully saturated rings. The zero-order chi connectivity index (χ0) is 23.7. The molecule has 0 spiro atoms. The third kappa shape index (κ3) is 4.49. The summed E-state index contributed by atoms with van der Waals surface area (Å²) in [6.45, 7) is 4.12. The first-order valence-electron chi connectivity index (χ1n) is 10.5. The number of amides is 3. The summed E-state index contributed by atoms with van der Waals surface area (Å²) in [5.74, 6) is -1.10. The fourth-order valence-corrected chi connectivity index (χ4v) is 4.73. The van der Waals surface area contributed by atoms with E-state index in [2.05, 4.69) is 18.8 Å². The van der Waals surface area contributed by atoms with E-state index in [-0.39, 0.29) is 31.2 Å². The Labute approximate surface area is 194 Å². The molecule has 0 unspecified atom stereocenters. The van der Waals surface area contributed by atoms with Crippen LogP contribution in [0.2, 0.25) is 0 Å². The van der Waals surface area contributed by atoms with Crippen molar-refractivity contribution in [2.45, 2.75) is 39.2 Å². The van der Waals surface area contributed by atoms with Gasteiger partial charge < -0.3 is 9.30 Å². The van der Waals surface area contributed by atoms with Crippen molar-refractivity contribution in [3.63, 3.8) is 0 Å². The second kappa shape index (κ2) is 9.11. The van der Waals surface area contributed by atoms with E-state index < -0.39 is 11.9 Å². The van der Waals surface area contributed by atoms with Crippen LogP contribution in [0.5, 0.6) is 0 Å². The molecule has 1 saturated heterocycles. The van der Waals surface area contributed by atoms with Crippen LogP contribution in [0, 0.1) is 0 Å². The highest BCUT2D eigenvalue weighted by atomic mass is 32.1. The number of fused-ring (bicyclic) bond motifs is 1. The molecule has 0 saturated carbocycles. The fourth-order valence-electron chi connectivity index (χ4n) is 3.65. The molecule has 8 nitrogen and oxygen atoms in total. The van der Waals surface area contributed by atoms with Crippen molar-refractivity contribution in [3.8, 4) is 0 Å². The minimum absolute atomic E-state index is 0.0677. The Bertz CT molecular complexity index is 1320. The SMILES string of the molecule is COC(=O)Cn1c(=NC(=O)c2ccc(N3C(=O)CCC3=O)cc2)sc2cc(C(C)C)ccc21. The van der Waals surface area contributed by atoms with Crippen LogP contribution in [0.1, 0.15) is 48.5 Å². The number of benzene rings is 2. The van der Waals surface area contributed by atoms with Crippen LogP contribution in [0.4, 0.5) is 5.69 Å². The summed E-state index contributed by atoms with van der Waals surface area (Å²) >= 11 is 1.33. The molecule has 170 valence electrons. The normalized spacial score (nSPS) is 14.5. The molecule has 2 heterocycles. The molecule has 4 rings (SSSR count). The van der Waals surface area contributed by atoms with Gasteiger partial charge in [0.2, 0.25) is 11.8 Å². The molecule has 3 aromatic rings. The molecule has 1 aliphatic heterocycles. The first-order chi connectivity index (χ1) is 15.8. The second-order valence-electron chi connectivity index (χ2n) is 8.02. The summed E-state index contributed by atoms with van der Waals surface area (Å²) < 4.78 is 7.40. The Kier molecular flexibility index (Phi) is 6.24. The van der Waals surface area contributed by atoms with Crippen molar-refractivity contribution in [1.29, 1.82) is 0 Å². The van der Waals surface area contributed by atoms with Crippen molar-refractivity contribution >= 4 is 50.9 Å². The second-order valence-corrected chi connectivity index (χ2v) is 9.02. The number of hydrogen-bond donors (Lipinski definition) is 0. The van der Waals surface area contributed by atoms with Crippen LogP contribution in [0.25, 0.3) is 10.2 Å². The lowest BCUT2D eigenvalue weighted by Gasteiger charge is -2.13. The number of anilines is 1. The Morgan fingerprint density at radius 3 is 2.33 bits per heavy atom. The molecule has 1 aromatic heterocycles. The molecule has 0 radical (unpaired) electrons. The van der Waals surface area contributed by atoms with E-state index in [0.717, 1.165) is 20.7 Å². The van der Waals surface area contributed by atoms with Gasteiger partial charge in [-0.15, -0.1) is 0 Å². The number of carbonyl (C=O) groups is 4. The lowest BCUT2D eigenvalue weighted by Crippen LogP contribution is -2.28. The summed E-state index contributed by atoms with van der Waals surface area (Å²) in [6, 6.07) is 12.2. The topological polar surface area (TPSA) is 98.0 Å². The van der Waals surface area contributed by atoms with Crippen LogP contribution in [-0.4, -0.2) is 35.4 Å². The third-order valence-corrected chi connectivity index (χ3v) is 6.55. The molecule has 0 bridgehead atoms. The summed E-state index contributed by atoms with van der Waals surface area (Å²) in [7, 11) is 1.31. The number of ether oxygens (including phenoxy) is 1. The number of rotatable bonds is 5. The molecule has 0 N–H and O–H groups in total. The minimum Gasteiger partial charge on any atom is -0.468 e. The molecular weight excluding hydrogens is 442 g/mol. The average Bonchev–Trinajstić information content (AvgIpc) is 3.31. The first kappa shape index (κ1) is 22.6. The monoisotopic (exact) mass is 465 g/mol. The van der Waals surface area contributed by atoms with E-state index >= 15 is 0 Å². The zero-order valence-corrected chi connectivity index (χ0v) is 19.3. The van der Waals surface area contributed by atoms with Crippen molar-refractivity contribution in [2.75, 3.05) is 12.0 Å². The molecule has 9 heteroatoms. The summed E-state index contributed by atoms with van der Waals surface area (Å²) in [6.07, 6.45) is 0.388. The lowest BCUT2D eigenvalue weighted by molar-refractivity contribution is -0.141. The molecular formula is C24H23N3O5S. The van der Waals surface area contributed by atoms with Crippen LogP contribution >= 0.6 is 11.3 Å². The van der Waals surface area contributed by atoms with Crippen molar-refractivity contribution in [1.82, 2.24) is 4.57 Å². The van der Waals surface area contributed by atoms with E-state index in [1.54, 1.807) is 16.7 Å². The van der Waals surface area contributed by atoms with Gasteiger partial charge in [0.15, 0.2) is 4.80 Å². The van der Waals surface area contributed by atoms with Crippen LogP contribution in [0.3, 0.4) is 0 Å². The van der Waals surface area contributed by atoms with Gasteiger partial charge in [0.05, 0.1) is 23.0 Å². The van der Waals surface area contributed by atoms with E-state index in [1.165, 1.54) is 30.6 Å². The number of aromatic nitrogens is 1. The highest BCUT2D eigenvalue weighted by Gasteiger charge is 2.30. The standard InChI is InChI=1S/C24H23N3O5S/c1-14(2)16-6-9-18-19(12-16)33-24(26(18)13-22(30)32-3)25-23(31)15-4-7-17(8-5-15)27-20(28)10-11-21(27)29/h4-9,12,14H,10-11,13H2,1-3H3. The third-order valence-electron chi connectivity index (χ3n) is 5.51. The van der Waals surface area contributed by atoms with Crippen molar-refractivity contribution < 1.29 is 23.9 Å². The smallest absolute Gasteiger partial charge is 0.325 e. The largest absolute Gasteiger partial charge is 0.468 e. The van der Waals surface area contributed by atoms with E-state index in [0.29, 0.717) is 22.0 Å². The number of thiazole rings is 1. The number of imide groups is 1. The highest BCUT2D eigenvalue weighted by Crippen LogP contribution is 2.25. The zero-order valence-electron chi connectivity index (χ0n) is 18.5. The Balaban J connectivity index is 1.71. The maximum atomic E-state index is 12.9. The minimum atomic E-state index is -0.491. The molecule has 0 aliphatic carbocycles. The van der Waals surface area contributed by atoms with Crippen molar-refractivity contribution in [2.24, 2.45) is 4.99 Å². The lowest BCUT2D eigenvalue weighted by atomic mass is 10.0. The van der Waals surface area contributed by atoms with Gasteiger partial charge in [-0.05, 0) is 47.9 Å². The molecule has 2 aromatic carbocycles. The maximum Gasteiger partial charge on any atom is 0.325 e. The summed E-state index contributed by atoms with van der Waals surface area (Å²) in [5, 5.41) is 0. The van der Waals surface area contributed by atoms with Crippen LogP contribution in [-0.2, 0) is 25.7 Å². The van der Waals surface area contributed by atoms with Crippen LogP contribution in [0.15, 0.2) is 47.5 Å². The predicted octanol–water partition coefficient (Wildman–Crippen LogP) is 3.39. The van der Waals surface area contributed by atoms with Gasteiger partial charge in [-0.1, -0.05) is 31.3 Å². The molecule has 33 heavy (non-hydrogen) atoms. The van der Waals surface area contributed by atoms with Gasteiger partial charge in [0, 0.05) is 18.4 Å². The fraction of sp³-hybridized carbons (Fsp3) is 0.292. The highest BCUT2D eigenvalue weighted by molar-refractivity contribution is 7.16. The van der Waals surface area contributed by atoms with E-state index in [1.807, 2.05) is 18.2 Å². The maximum absolute atomic E-state index is 12.9. The van der Waals surface area contributed by atoms with E-state index in [4.69, 9.17) is 4.74 Å². The van der Waals surface area contributed by atoms with Gasteiger partial charge in [0.25, 0.3) is 5.91 Å². The van der Waals surface area contributed by atoms with Gasteiger partial charge in [-0.25, -0.2) is 0 Å². The quantitative estimate of drug-likeness (QED) is 0.425. The molecule has 3 amide bonds. The van der Waals surface area contributed by atoms with Gasteiger partial charge in [0.1, 0.15) is 6.54 Å². The number of hydrogen-bond acceptors (Lipinski definition) is 6. The Morgan fingerprint density at radius 2 is 1.73 bits per heavy atom. The number of nitrogens with zero attached hydrogens (tertiary/aromatic N) is 3. The molecule has 0 atom stereocenters. The summed E-state index contributed by atoms with van der Waals surface area (Å²) in [5.41, 5.74) is 2.68. The average molecular weight is 466 g/mol. The number of carbonyl (C=O) groups excluding carboxylic acids is 4. The van der Waals surface area contributed by atoms with Crippen LogP contribution < -0.4 is 9.70 Å². The van der Waals surface area contributed by atoms with Crippen molar-refractivity contribution in [3.05, 3.63) is 58.4 Å². The number of methoxy groups -OCH3 is 1. The van der Waals surface area contributed by atoms with Gasteiger partial charge >= 0.3 is 5.97 Å². The number of esters is 1. The van der Waals surface area contributed by atoms with E-state index in [9.17, 15) is 19.2 Å². The first-order valence-corrected chi connectivity index (χ1v) is 11.3.